The van der Waals surface area contributed by atoms with E-state index in [0.717, 1.165) is 0 Å². The number of aromatic amines is 1. The molecule has 0 saturated carbocycles. The molecule has 0 aliphatic rings. The molecule has 0 radical (unpaired) electrons. The highest BCUT2D eigenvalue weighted by atomic mass is 32.1. The number of thiol groups is 1. The lowest BCUT2D eigenvalue weighted by molar-refractivity contribution is -0.389. The second kappa shape index (κ2) is 4.79. The third-order valence-corrected chi connectivity index (χ3v) is 2.23. The first kappa shape index (κ1) is 11.5. The normalized spacial score (nSPS) is 12.1. The maximum atomic E-state index is 10.4. The Morgan fingerprint density at radius 2 is 2.53 bits per heavy atom. The molecular weight excluding hydrogens is 214 g/mol. The standard InChI is InChI=1S/C9H11N3O2S/c1-3-4-7(6(2)15)9-10-5-8(11-9)12(13)14/h3,5,7,15H,1-2,4H2,(H,10,11). The SMILES string of the molecule is C=CCC(C(=C)S)c1ncc([N+](=O)[O-])[nH]1. The second-order valence-electron chi connectivity index (χ2n) is 2.98. The molecule has 0 saturated heterocycles. The molecule has 0 aliphatic carbocycles. The van der Waals surface area contributed by atoms with E-state index in [1.165, 1.54) is 6.20 Å². The van der Waals surface area contributed by atoms with Crippen LogP contribution in [0.4, 0.5) is 5.82 Å². The Hall–Kier alpha value is -1.56. The molecule has 0 spiro atoms. The minimum Gasteiger partial charge on any atom is -0.358 e. The smallest absolute Gasteiger partial charge is 0.340 e. The van der Waals surface area contributed by atoms with Gasteiger partial charge in [0.1, 0.15) is 6.20 Å². The van der Waals surface area contributed by atoms with Gasteiger partial charge >= 0.3 is 5.82 Å². The Kier molecular flexibility index (Phi) is 3.68. The summed E-state index contributed by atoms with van der Waals surface area (Å²) < 4.78 is 0. The molecule has 6 heteroatoms. The highest BCUT2D eigenvalue weighted by Gasteiger charge is 2.20. The van der Waals surface area contributed by atoms with Gasteiger partial charge in [-0.15, -0.1) is 19.2 Å². The first-order valence-electron chi connectivity index (χ1n) is 4.24. The molecule has 1 unspecified atom stereocenters. The summed E-state index contributed by atoms with van der Waals surface area (Å²) in [5.41, 5.74) is 0. The molecule has 0 fully saturated rings. The summed E-state index contributed by atoms with van der Waals surface area (Å²) in [6, 6.07) is 0. The van der Waals surface area contributed by atoms with Gasteiger partial charge in [-0.1, -0.05) is 12.7 Å². The fourth-order valence-electron chi connectivity index (χ4n) is 1.17. The van der Waals surface area contributed by atoms with Crippen molar-refractivity contribution in [1.29, 1.82) is 0 Å². The van der Waals surface area contributed by atoms with E-state index in [9.17, 15) is 10.1 Å². The molecule has 1 heterocycles. The number of nitrogens with zero attached hydrogens (tertiary/aromatic N) is 2. The number of imidazole rings is 1. The van der Waals surface area contributed by atoms with Crippen LogP contribution in [0.25, 0.3) is 0 Å². The Labute approximate surface area is 92.5 Å². The Balaban J connectivity index is 2.96. The van der Waals surface area contributed by atoms with Gasteiger partial charge in [-0.25, -0.2) is 9.97 Å². The zero-order valence-electron chi connectivity index (χ0n) is 8.01. The molecule has 1 aromatic rings. The third-order valence-electron chi connectivity index (χ3n) is 1.91. The zero-order valence-corrected chi connectivity index (χ0v) is 8.91. The van der Waals surface area contributed by atoms with Crippen LogP contribution in [-0.2, 0) is 0 Å². The van der Waals surface area contributed by atoms with Crippen molar-refractivity contribution in [3.8, 4) is 0 Å². The van der Waals surface area contributed by atoms with Gasteiger partial charge in [-0.05, 0) is 16.2 Å². The Morgan fingerprint density at radius 1 is 1.87 bits per heavy atom. The van der Waals surface area contributed by atoms with E-state index in [0.29, 0.717) is 17.2 Å². The highest BCUT2D eigenvalue weighted by molar-refractivity contribution is 7.84. The minimum atomic E-state index is -0.525. The van der Waals surface area contributed by atoms with Gasteiger partial charge in [0.2, 0.25) is 5.82 Å². The van der Waals surface area contributed by atoms with Crippen LogP contribution < -0.4 is 0 Å². The summed E-state index contributed by atoms with van der Waals surface area (Å²) in [5, 5.41) is 10.4. The summed E-state index contributed by atoms with van der Waals surface area (Å²) in [6.07, 6.45) is 3.47. The average Bonchev–Trinajstić information content (AvgIpc) is 2.62. The van der Waals surface area contributed by atoms with Gasteiger partial charge in [0.25, 0.3) is 0 Å². The largest absolute Gasteiger partial charge is 0.358 e. The predicted molar refractivity (Wildman–Crippen MR) is 60.9 cm³/mol. The molecule has 0 bridgehead atoms. The number of rotatable bonds is 5. The third kappa shape index (κ3) is 2.69. The zero-order chi connectivity index (χ0) is 11.4. The predicted octanol–water partition coefficient (Wildman–Crippen LogP) is 2.42. The maximum Gasteiger partial charge on any atom is 0.340 e. The van der Waals surface area contributed by atoms with Crippen LogP contribution in [0.15, 0.2) is 30.3 Å². The molecular formula is C9H11N3O2S. The summed E-state index contributed by atoms with van der Waals surface area (Å²) in [7, 11) is 0. The van der Waals surface area contributed by atoms with Crippen LogP contribution >= 0.6 is 12.6 Å². The molecule has 5 nitrogen and oxygen atoms in total. The quantitative estimate of drug-likeness (QED) is 0.350. The fourth-order valence-corrected chi connectivity index (χ4v) is 1.40. The van der Waals surface area contributed by atoms with E-state index in [-0.39, 0.29) is 11.7 Å². The summed E-state index contributed by atoms with van der Waals surface area (Å²) >= 11 is 4.13. The molecule has 1 aromatic heterocycles. The summed E-state index contributed by atoms with van der Waals surface area (Å²) in [6.45, 7) is 7.29. The maximum absolute atomic E-state index is 10.4. The monoisotopic (exact) mass is 225 g/mol. The van der Waals surface area contributed by atoms with Crippen molar-refractivity contribution < 1.29 is 4.92 Å². The molecule has 80 valence electrons. The van der Waals surface area contributed by atoms with Crippen molar-refractivity contribution in [2.24, 2.45) is 0 Å². The van der Waals surface area contributed by atoms with Crippen LogP contribution in [0.5, 0.6) is 0 Å². The number of hydrogen-bond donors (Lipinski definition) is 2. The van der Waals surface area contributed by atoms with E-state index in [1.807, 2.05) is 0 Å². The van der Waals surface area contributed by atoms with Gasteiger partial charge in [0.05, 0.1) is 5.92 Å². The first-order chi connectivity index (χ1) is 7.06. The molecule has 0 aromatic carbocycles. The van der Waals surface area contributed by atoms with E-state index < -0.39 is 4.92 Å². The van der Waals surface area contributed by atoms with Crippen LogP contribution in [0.3, 0.4) is 0 Å². The van der Waals surface area contributed by atoms with Crippen LogP contribution in [0.2, 0.25) is 0 Å². The Bertz CT molecular complexity index is 400. The molecule has 0 aliphatic heterocycles. The summed E-state index contributed by atoms with van der Waals surface area (Å²) in [5.74, 6) is 0.190. The van der Waals surface area contributed by atoms with E-state index >= 15 is 0 Å². The molecule has 1 N–H and O–H groups in total. The van der Waals surface area contributed by atoms with Gasteiger partial charge in [-0.2, -0.15) is 0 Å². The first-order valence-corrected chi connectivity index (χ1v) is 4.69. The van der Waals surface area contributed by atoms with Gasteiger partial charge < -0.3 is 10.1 Å². The number of aromatic nitrogens is 2. The minimum absolute atomic E-state index is 0.131. The fraction of sp³-hybridized carbons (Fsp3) is 0.222. The van der Waals surface area contributed by atoms with Crippen molar-refractivity contribution in [1.82, 2.24) is 9.97 Å². The van der Waals surface area contributed by atoms with Crippen LogP contribution in [0.1, 0.15) is 18.2 Å². The lowest BCUT2D eigenvalue weighted by Gasteiger charge is -2.07. The lowest BCUT2D eigenvalue weighted by atomic mass is 10.1. The highest BCUT2D eigenvalue weighted by Crippen LogP contribution is 2.28. The molecule has 1 rings (SSSR count). The van der Waals surface area contributed by atoms with Crippen molar-refractivity contribution in [2.75, 3.05) is 0 Å². The van der Waals surface area contributed by atoms with E-state index in [1.54, 1.807) is 6.08 Å². The average molecular weight is 225 g/mol. The van der Waals surface area contributed by atoms with Gasteiger partial charge in [-0.3, -0.25) is 0 Å². The van der Waals surface area contributed by atoms with Crippen molar-refractivity contribution >= 4 is 18.4 Å². The van der Waals surface area contributed by atoms with Gasteiger partial charge in [0.15, 0.2) is 0 Å². The van der Waals surface area contributed by atoms with Crippen molar-refractivity contribution in [2.45, 2.75) is 12.3 Å². The number of H-pyrrole nitrogens is 1. The van der Waals surface area contributed by atoms with Crippen molar-refractivity contribution in [3.05, 3.63) is 46.3 Å². The second-order valence-corrected chi connectivity index (χ2v) is 3.55. The number of nitrogens with one attached hydrogen (secondary N) is 1. The molecule has 0 amide bonds. The van der Waals surface area contributed by atoms with E-state index in [4.69, 9.17) is 0 Å². The molecule has 15 heavy (non-hydrogen) atoms. The topological polar surface area (TPSA) is 71.8 Å². The van der Waals surface area contributed by atoms with E-state index in [2.05, 4.69) is 35.8 Å². The van der Waals surface area contributed by atoms with Crippen LogP contribution in [-0.4, -0.2) is 14.9 Å². The number of nitro groups is 1. The number of hydrogen-bond acceptors (Lipinski definition) is 4. The van der Waals surface area contributed by atoms with Crippen LogP contribution in [0, 0.1) is 10.1 Å². The summed E-state index contributed by atoms with van der Waals surface area (Å²) in [4.78, 5) is 17.0. The Morgan fingerprint density at radius 3 is 2.93 bits per heavy atom. The lowest BCUT2D eigenvalue weighted by Crippen LogP contribution is -2.00. The molecule has 1 atom stereocenters. The number of allylic oxidation sites excluding steroid dienone is 2. The van der Waals surface area contributed by atoms with Gasteiger partial charge in [0, 0.05) is 0 Å². The van der Waals surface area contributed by atoms with Crippen molar-refractivity contribution in [3.63, 3.8) is 0 Å².